The van der Waals surface area contributed by atoms with Gasteiger partial charge in [0.05, 0.1) is 18.2 Å². The number of ether oxygens (including phenoxy) is 2. The second-order valence-corrected chi connectivity index (χ2v) is 4.41. The van der Waals surface area contributed by atoms with Crippen LogP contribution in [-0.4, -0.2) is 13.2 Å². The monoisotopic (exact) mass is 278 g/mol. The minimum atomic E-state index is 0.0718. The van der Waals surface area contributed by atoms with Crippen LogP contribution in [0.15, 0.2) is 16.6 Å². The highest BCUT2D eigenvalue weighted by molar-refractivity contribution is 9.10. The molecule has 0 atom stereocenters. The first-order valence-electron chi connectivity index (χ1n) is 4.24. The van der Waals surface area contributed by atoms with Crippen LogP contribution in [0.4, 0.5) is 0 Å². The molecule has 2 nitrogen and oxygen atoms in total. The number of methoxy groups -OCH3 is 1. The maximum absolute atomic E-state index is 6.02. The summed E-state index contributed by atoms with van der Waals surface area (Å²) in [6.07, 6.45) is 0.0718. The third kappa shape index (κ3) is 2.79. The lowest BCUT2D eigenvalue weighted by atomic mass is 10.3. The third-order valence-electron chi connectivity index (χ3n) is 1.55. The van der Waals surface area contributed by atoms with E-state index >= 15 is 0 Å². The summed E-state index contributed by atoms with van der Waals surface area (Å²) in [7, 11) is 1.59. The maximum atomic E-state index is 6.02. The highest BCUT2D eigenvalue weighted by atomic mass is 79.9. The Balaban J connectivity index is 3.11. The topological polar surface area (TPSA) is 18.5 Å². The van der Waals surface area contributed by atoms with E-state index in [9.17, 15) is 0 Å². The van der Waals surface area contributed by atoms with E-state index in [0.717, 1.165) is 4.47 Å². The van der Waals surface area contributed by atoms with Crippen molar-refractivity contribution in [1.82, 2.24) is 0 Å². The Bertz CT molecular complexity index is 326. The van der Waals surface area contributed by atoms with Crippen LogP contribution in [0.3, 0.4) is 0 Å². The van der Waals surface area contributed by atoms with Crippen LogP contribution in [0.5, 0.6) is 11.5 Å². The number of hydrogen-bond donors (Lipinski definition) is 0. The van der Waals surface area contributed by atoms with Gasteiger partial charge in [0.1, 0.15) is 0 Å². The molecular formula is C10H12BrClO2. The molecule has 0 aromatic heterocycles. The molecule has 0 aliphatic rings. The highest BCUT2D eigenvalue weighted by Gasteiger charge is 2.12. The zero-order valence-corrected chi connectivity index (χ0v) is 10.6. The predicted molar refractivity (Wildman–Crippen MR) is 61.5 cm³/mol. The van der Waals surface area contributed by atoms with E-state index in [-0.39, 0.29) is 6.10 Å². The quantitative estimate of drug-likeness (QED) is 0.835. The van der Waals surface area contributed by atoms with Gasteiger partial charge in [0.25, 0.3) is 0 Å². The highest BCUT2D eigenvalue weighted by Crippen LogP contribution is 2.38. The second kappa shape index (κ2) is 4.89. The van der Waals surface area contributed by atoms with Crippen molar-refractivity contribution in [2.24, 2.45) is 0 Å². The third-order valence-corrected chi connectivity index (χ3v) is 2.29. The molecule has 1 rings (SSSR count). The van der Waals surface area contributed by atoms with Crippen molar-refractivity contribution in [3.05, 3.63) is 21.6 Å². The minimum absolute atomic E-state index is 0.0718. The van der Waals surface area contributed by atoms with Crippen molar-refractivity contribution in [2.75, 3.05) is 7.11 Å². The Labute approximate surface area is 97.3 Å². The lowest BCUT2D eigenvalue weighted by molar-refractivity contribution is 0.230. The molecule has 0 amide bonds. The average molecular weight is 280 g/mol. The van der Waals surface area contributed by atoms with Gasteiger partial charge in [-0.05, 0) is 26.0 Å². The predicted octanol–water partition coefficient (Wildman–Crippen LogP) is 3.90. The van der Waals surface area contributed by atoms with Gasteiger partial charge < -0.3 is 9.47 Å². The van der Waals surface area contributed by atoms with Gasteiger partial charge in [-0.25, -0.2) is 0 Å². The Morgan fingerprint density at radius 2 is 2.00 bits per heavy atom. The van der Waals surface area contributed by atoms with Crippen LogP contribution in [0.25, 0.3) is 0 Å². The van der Waals surface area contributed by atoms with Crippen molar-refractivity contribution < 1.29 is 9.47 Å². The van der Waals surface area contributed by atoms with Crippen LogP contribution in [-0.2, 0) is 0 Å². The zero-order chi connectivity index (χ0) is 10.7. The van der Waals surface area contributed by atoms with E-state index in [1.807, 2.05) is 19.9 Å². The molecule has 78 valence electrons. The summed E-state index contributed by atoms with van der Waals surface area (Å²) in [4.78, 5) is 0. The molecule has 0 bridgehead atoms. The van der Waals surface area contributed by atoms with Gasteiger partial charge in [-0.1, -0.05) is 27.5 Å². The number of halogens is 2. The normalized spacial score (nSPS) is 10.4. The summed E-state index contributed by atoms with van der Waals surface area (Å²) in [5.41, 5.74) is 0. The van der Waals surface area contributed by atoms with Gasteiger partial charge in [-0.3, -0.25) is 0 Å². The Morgan fingerprint density at radius 3 is 2.50 bits per heavy atom. The fourth-order valence-electron chi connectivity index (χ4n) is 1.04. The summed E-state index contributed by atoms with van der Waals surface area (Å²) in [5, 5.41) is 0.546. The number of benzene rings is 1. The lowest BCUT2D eigenvalue weighted by Crippen LogP contribution is -2.07. The van der Waals surface area contributed by atoms with Crippen molar-refractivity contribution in [3.8, 4) is 11.5 Å². The van der Waals surface area contributed by atoms with Crippen molar-refractivity contribution in [1.29, 1.82) is 0 Å². The van der Waals surface area contributed by atoms with E-state index in [0.29, 0.717) is 16.5 Å². The summed E-state index contributed by atoms with van der Waals surface area (Å²) in [6.45, 7) is 3.88. The van der Waals surface area contributed by atoms with E-state index in [1.165, 1.54) is 0 Å². The first kappa shape index (κ1) is 11.7. The van der Waals surface area contributed by atoms with Crippen molar-refractivity contribution in [3.63, 3.8) is 0 Å². The molecule has 0 heterocycles. The van der Waals surface area contributed by atoms with E-state index in [4.69, 9.17) is 21.1 Å². The van der Waals surface area contributed by atoms with Crippen LogP contribution in [0, 0.1) is 0 Å². The number of hydrogen-bond acceptors (Lipinski definition) is 2. The molecule has 0 spiro atoms. The first-order chi connectivity index (χ1) is 6.54. The summed E-state index contributed by atoms with van der Waals surface area (Å²) in [5.74, 6) is 1.23. The Hall–Kier alpha value is -0.410. The van der Waals surface area contributed by atoms with Crippen LogP contribution in [0.2, 0.25) is 5.02 Å². The Morgan fingerprint density at radius 1 is 1.36 bits per heavy atom. The summed E-state index contributed by atoms with van der Waals surface area (Å²) < 4.78 is 11.6. The number of rotatable bonds is 3. The molecule has 0 fully saturated rings. The molecule has 0 saturated carbocycles. The van der Waals surface area contributed by atoms with Crippen LogP contribution < -0.4 is 9.47 Å². The average Bonchev–Trinajstić information content (AvgIpc) is 2.08. The van der Waals surface area contributed by atoms with Gasteiger partial charge in [-0.15, -0.1) is 0 Å². The lowest BCUT2D eigenvalue weighted by Gasteiger charge is -2.15. The van der Waals surface area contributed by atoms with Crippen LogP contribution in [0.1, 0.15) is 13.8 Å². The van der Waals surface area contributed by atoms with Gasteiger partial charge in [0.2, 0.25) is 0 Å². The molecule has 0 aliphatic heterocycles. The van der Waals surface area contributed by atoms with Gasteiger partial charge in [-0.2, -0.15) is 0 Å². The molecule has 0 radical (unpaired) electrons. The van der Waals surface area contributed by atoms with E-state index in [1.54, 1.807) is 13.2 Å². The minimum Gasteiger partial charge on any atom is -0.493 e. The first-order valence-corrected chi connectivity index (χ1v) is 5.41. The second-order valence-electron chi connectivity index (χ2n) is 3.09. The molecule has 4 heteroatoms. The molecular weight excluding hydrogens is 267 g/mol. The zero-order valence-electron chi connectivity index (χ0n) is 8.30. The summed E-state index contributed by atoms with van der Waals surface area (Å²) >= 11 is 9.36. The SMILES string of the molecule is COc1cc(Br)cc(Cl)c1OC(C)C. The molecule has 0 N–H and O–H groups in total. The van der Waals surface area contributed by atoms with Crippen LogP contribution >= 0.6 is 27.5 Å². The molecule has 0 aliphatic carbocycles. The van der Waals surface area contributed by atoms with E-state index in [2.05, 4.69) is 15.9 Å². The fourth-order valence-corrected chi connectivity index (χ4v) is 1.86. The summed E-state index contributed by atoms with van der Waals surface area (Å²) in [6, 6.07) is 3.60. The largest absolute Gasteiger partial charge is 0.493 e. The maximum Gasteiger partial charge on any atom is 0.180 e. The van der Waals surface area contributed by atoms with E-state index < -0.39 is 0 Å². The van der Waals surface area contributed by atoms with Crippen molar-refractivity contribution >= 4 is 27.5 Å². The van der Waals surface area contributed by atoms with Gasteiger partial charge in [0.15, 0.2) is 11.5 Å². The Kier molecular flexibility index (Phi) is 4.08. The van der Waals surface area contributed by atoms with Gasteiger partial charge in [0, 0.05) is 4.47 Å². The molecule has 1 aromatic carbocycles. The molecule has 14 heavy (non-hydrogen) atoms. The smallest absolute Gasteiger partial charge is 0.180 e. The van der Waals surface area contributed by atoms with Crippen molar-refractivity contribution in [2.45, 2.75) is 20.0 Å². The molecule has 0 saturated heterocycles. The fraction of sp³-hybridized carbons (Fsp3) is 0.400. The molecule has 1 aromatic rings. The standard InChI is InChI=1S/C10H12BrClO2/c1-6(2)14-10-8(12)4-7(11)5-9(10)13-3/h4-6H,1-3H3. The molecule has 0 unspecified atom stereocenters. The van der Waals surface area contributed by atoms with Gasteiger partial charge >= 0.3 is 0 Å².